The summed E-state index contributed by atoms with van der Waals surface area (Å²) in [6, 6.07) is 26.7. The Balaban J connectivity index is 1.63. The first-order chi connectivity index (χ1) is 13.8. The number of methoxy groups -OCH3 is 1. The molecule has 1 aliphatic rings. The Hall–Kier alpha value is -2.52. The lowest BCUT2D eigenvalue weighted by Crippen LogP contribution is -2.27. The van der Waals surface area contributed by atoms with Gasteiger partial charge in [-0.1, -0.05) is 66.7 Å². The van der Waals surface area contributed by atoms with Crippen molar-refractivity contribution in [3.63, 3.8) is 0 Å². The minimum Gasteiger partial charge on any atom is -0.497 e. The number of ether oxygens (including phenoxy) is 1. The third-order valence-corrected chi connectivity index (χ3v) is 6.89. The van der Waals surface area contributed by atoms with Crippen LogP contribution in [0, 0.1) is 5.92 Å². The van der Waals surface area contributed by atoms with E-state index in [9.17, 15) is 4.79 Å². The zero-order valence-electron chi connectivity index (χ0n) is 16.0. The molecule has 4 rings (SSSR count). The van der Waals surface area contributed by atoms with Crippen LogP contribution in [-0.4, -0.2) is 12.9 Å². The van der Waals surface area contributed by atoms with E-state index >= 15 is 0 Å². The first-order valence-corrected chi connectivity index (χ1v) is 10.7. The highest BCUT2D eigenvalue weighted by Gasteiger charge is 2.34. The summed E-state index contributed by atoms with van der Waals surface area (Å²) in [7, 11) is 1.68. The number of Topliss-reactive ketones (excluding diaryl/α,β-unsaturated/α-hetero) is 1. The Kier molecular flexibility index (Phi) is 5.82. The molecule has 0 bridgehead atoms. The van der Waals surface area contributed by atoms with Crippen molar-refractivity contribution in [3.05, 3.63) is 101 Å². The van der Waals surface area contributed by atoms with Crippen LogP contribution in [0.15, 0.2) is 78.9 Å². The second kappa shape index (κ2) is 8.66. The van der Waals surface area contributed by atoms with Crippen LogP contribution in [0.2, 0.25) is 0 Å². The van der Waals surface area contributed by atoms with E-state index < -0.39 is 0 Å². The number of hydrogen-bond acceptors (Lipinski definition) is 3. The Morgan fingerprint density at radius 1 is 0.964 bits per heavy atom. The van der Waals surface area contributed by atoms with E-state index in [0.29, 0.717) is 0 Å². The largest absolute Gasteiger partial charge is 0.497 e. The molecule has 0 saturated heterocycles. The predicted molar refractivity (Wildman–Crippen MR) is 116 cm³/mol. The quantitative estimate of drug-likeness (QED) is 0.509. The molecule has 1 aliphatic carbocycles. The fourth-order valence-electron chi connectivity index (χ4n) is 3.91. The third kappa shape index (κ3) is 4.00. The smallest absolute Gasteiger partial charge is 0.167 e. The van der Waals surface area contributed by atoms with Gasteiger partial charge in [0, 0.05) is 22.5 Å². The molecule has 28 heavy (non-hydrogen) atoms. The molecule has 0 heterocycles. The van der Waals surface area contributed by atoms with E-state index in [2.05, 4.69) is 42.5 Å². The van der Waals surface area contributed by atoms with Crippen LogP contribution in [0.25, 0.3) is 0 Å². The van der Waals surface area contributed by atoms with Gasteiger partial charge in [-0.2, -0.15) is 0 Å². The maximum Gasteiger partial charge on any atom is 0.167 e. The van der Waals surface area contributed by atoms with Crippen LogP contribution in [0.3, 0.4) is 0 Å². The van der Waals surface area contributed by atoms with Crippen LogP contribution in [0.5, 0.6) is 5.75 Å². The van der Waals surface area contributed by atoms with Gasteiger partial charge in [0.25, 0.3) is 0 Å². The normalized spacial score (nSPS) is 17.0. The van der Waals surface area contributed by atoms with Crippen molar-refractivity contribution in [2.45, 2.75) is 23.8 Å². The standard InChI is InChI=1S/C25H24O2S/c1-27-21-14-11-20(12-15-21)25(28-17-18-7-3-2-4-8-18)23-16-13-19-9-5-6-10-22(19)24(23)26/h2-12,14-15,23,25H,13,16-17H2,1H3/t23-,25+/m1/s1. The summed E-state index contributed by atoms with van der Waals surface area (Å²) in [5.41, 5.74) is 4.57. The summed E-state index contributed by atoms with van der Waals surface area (Å²) in [5, 5.41) is 0.131. The SMILES string of the molecule is COc1ccc([C@H](SCc2ccccc2)[C@@H]2CCc3ccccc3C2=O)cc1. The number of hydrogen-bond donors (Lipinski definition) is 0. The van der Waals surface area contributed by atoms with Crippen LogP contribution >= 0.6 is 11.8 Å². The number of rotatable bonds is 6. The van der Waals surface area contributed by atoms with Gasteiger partial charge < -0.3 is 4.74 Å². The van der Waals surface area contributed by atoms with E-state index in [0.717, 1.165) is 29.9 Å². The Morgan fingerprint density at radius 3 is 2.43 bits per heavy atom. The van der Waals surface area contributed by atoms with Crippen molar-refractivity contribution >= 4 is 17.5 Å². The predicted octanol–water partition coefficient (Wildman–Crippen LogP) is 6.12. The highest BCUT2D eigenvalue weighted by Crippen LogP contribution is 2.44. The Labute approximate surface area is 170 Å². The average molecular weight is 389 g/mol. The van der Waals surface area contributed by atoms with E-state index in [1.54, 1.807) is 7.11 Å². The van der Waals surface area contributed by atoms with Gasteiger partial charge in [-0.25, -0.2) is 0 Å². The van der Waals surface area contributed by atoms with Gasteiger partial charge >= 0.3 is 0 Å². The number of fused-ring (bicyclic) bond motifs is 1. The minimum absolute atomic E-state index is 0.00277. The topological polar surface area (TPSA) is 26.3 Å². The van der Waals surface area contributed by atoms with Gasteiger partial charge in [-0.3, -0.25) is 4.79 Å². The van der Waals surface area contributed by atoms with Gasteiger partial charge in [0.05, 0.1) is 7.11 Å². The van der Waals surface area contributed by atoms with Gasteiger partial charge in [-0.15, -0.1) is 11.8 Å². The molecule has 142 valence electrons. The second-order valence-electron chi connectivity index (χ2n) is 7.16. The summed E-state index contributed by atoms with van der Waals surface area (Å²) in [6.07, 6.45) is 1.86. The number of carbonyl (C=O) groups is 1. The molecule has 0 aromatic heterocycles. The van der Waals surface area contributed by atoms with Gasteiger partial charge in [0.1, 0.15) is 5.75 Å². The number of benzene rings is 3. The zero-order chi connectivity index (χ0) is 19.3. The highest BCUT2D eigenvalue weighted by atomic mass is 32.2. The lowest BCUT2D eigenvalue weighted by molar-refractivity contribution is 0.0899. The van der Waals surface area contributed by atoms with Crippen molar-refractivity contribution in [2.75, 3.05) is 7.11 Å². The Morgan fingerprint density at radius 2 is 1.68 bits per heavy atom. The molecule has 0 saturated carbocycles. The van der Waals surface area contributed by atoms with Crippen molar-refractivity contribution in [1.82, 2.24) is 0 Å². The molecule has 3 aromatic rings. The van der Waals surface area contributed by atoms with Crippen LogP contribution in [0.1, 0.15) is 38.7 Å². The molecule has 0 N–H and O–H groups in total. The first kappa shape index (κ1) is 18.8. The van der Waals surface area contributed by atoms with E-state index in [1.807, 2.05) is 48.2 Å². The van der Waals surface area contributed by atoms with Gasteiger partial charge in [-0.05, 0) is 41.7 Å². The number of ketones is 1. The summed E-state index contributed by atoms with van der Waals surface area (Å²) >= 11 is 1.86. The summed E-state index contributed by atoms with van der Waals surface area (Å²) in [6.45, 7) is 0. The molecular formula is C25H24O2S. The monoisotopic (exact) mass is 388 g/mol. The third-order valence-electron chi connectivity index (χ3n) is 5.43. The molecule has 0 spiro atoms. The fraction of sp³-hybridized carbons (Fsp3) is 0.240. The van der Waals surface area contributed by atoms with E-state index in [1.165, 1.54) is 16.7 Å². The molecule has 0 aliphatic heterocycles. The minimum atomic E-state index is -0.00277. The maximum absolute atomic E-state index is 13.3. The molecule has 0 radical (unpaired) electrons. The summed E-state index contributed by atoms with van der Waals surface area (Å²) in [4.78, 5) is 13.3. The first-order valence-electron chi connectivity index (χ1n) is 9.68. The lowest BCUT2D eigenvalue weighted by Gasteiger charge is -2.30. The second-order valence-corrected chi connectivity index (χ2v) is 8.29. The molecule has 2 atom stereocenters. The zero-order valence-corrected chi connectivity index (χ0v) is 16.8. The highest BCUT2D eigenvalue weighted by molar-refractivity contribution is 7.98. The van der Waals surface area contributed by atoms with Crippen molar-refractivity contribution in [3.8, 4) is 5.75 Å². The van der Waals surface area contributed by atoms with Crippen molar-refractivity contribution in [1.29, 1.82) is 0 Å². The van der Waals surface area contributed by atoms with E-state index in [-0.39, 0.29) is 17.0 Å². The number of thioether (sulfide) groups is 1. The van der Waals surface area contributed by atoms with Crippen LogP contribution in [-0.2, 0) is 12.2 Å². The number of aryl methyl sites for hydroxylation is 1. The van der Waals surface area contributed by atoms with Crippen LogP contribution < -0.4 is 4.74 Å². The lowest BCUT2D eigenvalue weighted by atomic mass is 9.79. The van der Waals surface area contributed by atoms with Gasteiger partial charge in [0.2, 0.25) is 0 Å². The van der Waals surface area contributed by atoms with E-state index in [4.69, 9.17) is 4.74 Å². The maximum atomic E-state index is 13.3. The van der Waals surface area contributed by atoms with Gasteiger partial charge in [0.15, 0.2) is 5.78 Å². The molecule has 3 heteroatoms. The van der Waals surface area contributed by atoms with Crippen molar-refractivity contribution < 1.29 is 9.53 Å². The van der Waals surface area contributed by atoms with Crippen molar-refractivity contribution in [2.24, 2.45) is 5.92 Å². The number of carbonyl (C=O) groups excluding carboxylic acids is 1. The fourth-order valence-corrected chi connectivity index (χ4v) is 5.31. The summed E-state index contributed by atoms with van der Waals surface area (Å²) in [5.74, 6) is 2.01. The molecule has 0 fully saturated rings. The molecule has 0 unspecified atom stereocenters. The molecule has 3 aromatic carbocycles. The molecule has 2 nitrogen and oxygen atoms in total. The van der Waals surface area contributed by atoms with Crippen LogP contribution in [0.4, 0.5) is 0 Å². The molecule has 0 amide bonds. The molecular weight excluding hydrogens is 364 g/mol. The summed E-state index contributed by atoms with van der Waals surface area (Å²) < 4.78 is 5.32. The average Bonchev–Trinajstić information content (AvgIpc) is 2.76. The Bertz CT molecular complexity index is 934.